The Morgan fingerprint density at radius 1 is 1.42 bits per heavy atom. The molecule has 0 aromatic carbocycles. The third kappa shape index (κ3) is 2.37. The maximum atomic E-state index is 11.8. The van der Waals surface area contributed by atoms with Gasteiger partial charge in [-0.25, -0.2) is 9.67 Å². The Bertz CT molecular complexity index is 758. The third-order valence-corrected chi connectivity index (χ3v) is 3.18. The van der Waals surface area contributed by atoms with Crippen LogP contribution < -0.4 is 10.9 Å². The quantitative estimate of drug-likeness (QED) is 0.692. The van der Waals surface area contributed by atoms with Crippen LogP contribution in [0.25, 0.3) is 4.96 Å². The van der Waals surface area contributed by atoms with E-state index in [4.69, 9.17) is 0 Å². The number of rotatable bonds is 4. The first kappa shape index (κ1) is 11.9. The first-order chi connectivity index (χ1) is 9.26. The smallest absolute Gasteiger partial charge is 0.275 e. The van der Waals surface area contributed by atoms with E-state index in [1.165, 1.54) is 21.9 Å². The third-order valence-electron chi connectivity index (χ3n) is 2.51. The van der Waals surface area contributed by atoms with Gasteiger partial charge in [0.15, 0.2) is 0 Å². The first-order valence-corrected chi connectivity index (χ1v) is 6.50. The molecule has 0 fully saturated rings. The van der Waals surface area contributed by atoms with Crippen LogP contribution in [0, 0.1) is 0 Å². The van der Waals surface area contributed by atoms with E-state index in [-0.39, 0.29) is 5.56 Å². The van der Waals surface area contributed by atoms with Crippen molar-refractivity contribution in [3.63, 3.8) is 0 Å². The van der Waals surface area contributed by atoms with E-state index in [0.29, 0.717) is 23.7 Å². The van der Waals surface area contributed by atoms with Crippen LogP contribution in [-0.4, -0.2) is 36.6 Å². The Hall–Kier alpha value is -2.13. The van der Waals surface area contributed by atoms with Crippen molar-refractivity contribution in [2.75, 3.05) is 7.05 Å². The maximum absolute atomic E-state index is 11.8. The second-order valence-electron chi connectivity index (χ2n) is 3.96. The molecule has 3 aromatic rings. The van der Waals surface area contributed by atoms with Crippen molar-refractivity contribution >= 4 is 16.3 Å². The van der Waals surface area contributed by atoms with Crippen LogP contribution >= 0.6 is 11.3 Å². The molecule has 0 amide bonds. The Balaban J connectivity index is 1.89. The van der Waals surface area contributed by atoms with Crippen LogP contribution in [0.5, 0.6) is 0 Å². The summed E-state index contributed by atoms with van der Waals surface area (Å²) < 4.78 is 2.94. The molecule has 19 heavy (non-hydrogen) atoms. The highest BCUT2D eigenvalue weighted by molar-refractivity contribution is 7.14. The lowest BCUT2D eigenvalue weighted by atomic mass is 10.4. The van der Waals surface area contributed by atoms with Gasteiger partial charge >= 0.3 is 0 Å². The average molecular weight is 277 g/mol. The molecular formula is C10H11N7OS. The maximum Gasteiger partial charge on any atom is 0.275 e. The van der Waals surface area contributed by atoms with Gasteiger partial charge in [-0.1, -0.05) is 16.6 Å². The molecule has 0 aliphatic rings. The zero-order valence-corrected chi connectivity index (χ0v) is 11.0. The monoisotopic (exact) mass is 277 g/mol. The lowest BCUT2D eigenvalue weighted by Gasteiger charge is -1.99. The van der Waals surface area contributed by atoms with Crippen molar-refractivity contribution in [3.05, 3.63) is 39.5 Å². The second-order valence-corrected chi connectivity index (χ2v) is 4.77. The SMILES string of the molecule is CNCc1cn(Cc2cc(=O)n3ncsc3n2)nn1. The molecule has 0 unspecified atom stereocenters. The van der Waals surface area contributed by atoms with Gasteiger partial charge < -0.3 is 5.32 Å². The summed E-state index contributed by atoms with van der Waals surface area (Å²) in [5.74, 6) is 0. The Labute approximate surface area is 111 Å². The van der Waals surface area contributed by atoms with E-state index < -0.39 is 0 Å². The molecule has 0 saturated heterocycles. The highest BCUT2D eigenvalue weighted by Gasteiger charge is 2.06. The van der Waals surface area contributed by atoms with Crippen molar-refractivity contribution in [3.8, 4) is 0 Å². The molecular weight excluding hydrogens is 266 g/mol. The standard InChI is InChI=1S/C10H11N7OS/c1-11-3-8-5-16(15-14-8)4-7-2-9(18)17-10(13-7)19-6-12-17/h2,5-6,11H,3-4H2,1H3. The first-order valence-electron chi connectivity index (χ1n) is 5.62. The zero-order chi connectivity index (χ0) is 13.2. The van der Waals surface area contributed by atoms with Crippen LogP contribution in [0.2, 0.25) is 0 Å². The van der Waals surface area contributed by atoms with E-state index in [9.17, 15) is 4.79 Å². The van der Waals surface area contributed by atoms with Gasteiger partial charge in [0.25, 0.3) is 5.56 Å². The fourth-order valence-corrected chi connectivity index (χ4v) is 2.37. The molecule has 0 aliphatic carbocycles. The molecule has 0 saturated carbocycles. The van der Waals surface area contributed by atoms with Crippen molar-refractivity contribution < 1.29 is 0 Å². The minimum Gasteiger partial charge on any atom is -0.314 e. The van der Waals surface area contributed by atoms with Gasteiger partial charge in [-0.2, -0.15) is 9.61 Å². The summed E-state index contributed by atoms with van der Waals surface area (Å²) >= 11 is 1.32. The fourth-order valence-electron chi connectivity index (χ4n) is 1.73. The molecule has 0 spiro atoms. The van der Waals surface area contributed by atoms with Crippen LogP contribution in [0.3, 0.4) is 0 Å². The molecule has 0 aliphatic heterocycles. The minimum absolute atomic E-state index is 0.184. The van der Waals surface area contributed by atoms with Gasteiger partial charge in [-0.15, -0.1) is 5.10 Å². The zero-order valence-electron chi connectivity index (χ0n) is 10.1. The lowest BCUT2D eigenvalue weighted by Crippen LogP contribution is -2.16. The van der Waals surface area contributed by atoms with Crippen LogP contribution in [-0.2, 0) is 13.1 Å². The summed E-state index contributed by atoms with van der Waals surface area (Å²) in [4.78, 5) is 16.7. The number of hydrogen-bond acceptors (Lipinski definition) is 7. The minimum atomic E-state index is -0.184. The number of fused-ring (bicyclic) bond motifs is 1. The lowest BCUT2D eigenvalue weighted by molar-refractivity contribution is 0.636. The summed E-state index contributed by atoms with van der Waals surface area (Å²) in [6, 6.07) is 1.46. The molecule has 0 radical (unpaired) electrons. The summed E-state index contributed by atoms with van der Waals surface area (Å²) in [6.45, 7) is 1.07. The molecule has 3 aromatic heterocycles. The molecule has 1 N–H and O–H groups in total. The summed E-state index contributed by atoms with van der Waals surface area (Å²) in [5.41, 5.74) is 2.90. The molecule has 3 rings (SSSR count). The van der Waals surface area contributed by atoms with E-state index in [1.54, 1.807) is 10.2 Å². The number of aromatic nitrogens is 6. The predicted octanol–water partition coefficient (Wildman–Crippen LogP) is -0.490. The Morgan fingerprint density at radius 2 is 2.32 bits per heavy atom. The predicted molar refractivity (Wildman–Crippen MR) is 69.0 cm³/mol. The van der Waals surface area contributed by atoms with Gasteiger partial charge in [-0.05, 0) is 7.05 Å². The van der Waals surface area contributed by atoms with Gasteiger partial charge in [0.05, 0.1) is 24.1 Å². The van der Waals surface area contributed by atoms with Crippen molar-refractivity contribution in [1.82, 2.24) is 34.9 Å². The molecule has 0 atom stereocenters. The molecule has 8 nitrogen and oxygen atoms in total. The van der Waals surface area contributed by atoms with E-state index in [1.807, 2.05) is 13.2 Å². The van der Waals surface area contributed by atoms with Gasteiger partial charge in [-0.3, -0.25) is 4.79 Å². The normalized spacial score (nSPS) is 11.2. The van der Waals surface area contributed by atoms with Crippen molar-refractivity contribution in [2.45, 2.75) is 13.1 Å². The molecule has 0 bridgehead atoms. The Morgan fingerprint density at radius 3 is 3.16 bits per heavy atom. The molecule has 9 heteroatoms. The van der Waals surface area contributed by atoms with E-state index in [0.717, 1.165) is 5.69 Å². The van der Waals surface area contributed by atoms with Crippen molar-refractivity contribution in [1.29, 1.82) is 0 Å². The number of nitrogens with zero attached hydrogens (tertiary/aromatic N) is 6. The van der Waals surface area contributed by atoms with Gasteiger partial charge in [0.2, 0.25) is 4.96 Å². The average Bonchev–Trinajstić information content (AvgIpc) is 2.99. The topological polar surface area (TPSA) is 90.0 Å². The van der Waals surface area contributed by atoms with E-state index in [2.05, 4.69) is 25.7 Å². The highest BCUT2D eigenvalue weighted by Crippen LogP contribution is 2.05. The second kappa shape index (κ2) is 4.86. The number of hydrogen-bond donors (Lipinski definition) is 1. The number of nitrogens with one attached hydrogen (secondary N) is 1. The van der Waals surface area contributed by atoms with Gasteiger partial charge in [0.1, 0.15) is 5.51 Å². The van der Waals surface area contributed by atoms with Crippen LogP contribution in [0.15, 0.2) is 22.6 Å². The van der Waals surface area contributed by atoms with Crippen molar-refractivity contribution in [2.24, 2.45) is 0 Å². The van der Waals surface area contributed by atoms with Crippen LogP contribution in [0.4, 0.5) is 0 Å². The van der Waals surface area contributed by atoms with Crippen LogP contribution in [0.1, 0.15) is 11.4 Å². The van der Waals surface area contributed by atoms with Gasteiger partial charge in [0, 0.05) is 12.6 Å². The molecule has 98 valence electrons. The summed E-state index contributed by atoms with van der Waals surface area (Å²) in [6.07, 6.45) is 1.83. The highest BCUT2D eigenvalue weighted by atomic mass is 32.1. The molecule has 3 heterocycles. The fraction of sp³-hybridized carbons (Fsp3) is 0.300. The summed E-state index contributed by atoms with van der Waals surface area (Å²) in [7, 11) is 1.85. The largest absolute Gasteiger partial charge is 0.314 e. The summed E-state index contributed by atoms with van der Waals surface area (Å²) in [5, 5.41) is 14.9. The van der Waals surface area contributed by atoms with E-state index >= 15 is 0 Å². The Kier molecular flexibility index (Phi) is 3.05.